The lowest BCUT2D eigenvalue weighted by atomic mass is 9.77. The minimum atomic E-state index is -1.45. The second-order valence-electron chi connectivity index (χ2n) is 15.3. The molecular weight excluding hydrogens is 648 g/mol. The van der Waals surface area contributed by atoms with Crippen molar-refractivity contribution in [1.82, 2.24) is 20.1 Å². The molecule has 51 heavy (non-hydrogen) atoms. The van der Waals surface area contributed by atoms with E-state index >= 15 is 0 Å². The maximum Gasteiger partial charge on any atom is 0.330 e. The van der Waals surface area contributed by atoms with Crippen molar-refractivity contribution in [1.29, 1.82) is 0 Å². The molecule has 3 aromatic rings. The number of benzene rings is 2. The lowest BCUT2D eigenvalue weighted by Crippen LogP contribution is -2.55. The zero-order valence-electron chi connectivity index (χ0n) is 30.0. The molecule has 0 bridgehead atoms. The number of aliphatic carboxylic acids is 1. The van der Waals surface area contributed by atoms with Gasteiger partial charge in [0.1, 0.15) is 35.4 Å². The first kappa shape index (κ1) is 36.3. The highest BCUT2D eigenvalue weighted by molar-refractivity contribution is 5.95. The number of piperidine rings is 1. The normalized spacial score (nSPS) is 24.8. The summed E-state index contributed by atoms with van der Waals surface area (Å²) in [6, 6.07) is 16.2. The third-order valence-corrected chi connectivity index (χ3v) is 10.8. The first-order valence-electron chi connectivity index (χ1n) is 18.0. The molecule has 2 aliphatic heterocycles. The van der Waals surface area contributed by atoms with E-state index < -0.39 is 53.0 Å². The topological polar surface area (TPSA) is 142 Å². The lowest BCUT2D eigenvalue weighted by Gasteiger charge is -2.39. The number of aliphatic hydroxyl groups is 1. The Balaban J connectivity index is 1.33. The lowest BCUT2D eigenvalue weighted by molar-refractivity contribution is -0.149. The molecular formula is C40H50N4O7. The van der Waals surface area contributed by atoms with Gasteiger partial charge in [0.05, 0.1) is 24.9 Å². The summed E-state index contributed by atoms with van der Waals surface area (Å²) < 4.78 is 12.2. The van der Waals surface area contributed by atoms with E-state index in [0.29, 0.717) is 22.7 Å². The Morgan fingerprint density at radius 3 is 2.45 bits per heavy atom. The highest BCUT2D eigenvalue weighted by Gasteiger charge is 2.61. The summed E-state index contributed by atoms with van der Waals surface area (Å²) in [7, 11) is 1.60. The van der Waals surface area contributed by atoms with Gasteiger partial charge in [-0.2, -0.15) is 0 Å². The van der Waals surface area contributed by atoms with E-state index in [0.717, 1.165) is 43.3 Å². The molecule has 6 atom stereocenters. The SMILES string of the molecule is C=CC1CC1(NC(=O)[C@@H]1C[C@@H](Oc2cc(-c3ccccc3)nc3cc(OC)ccc23)CN1C(=O)[C@@H](CC(O)N1CCCCC1)C(C)(C)C)C(=O)O. The Bertz CT molecular complexity index is 1770. The number of nitrogens with one attached hydrogen (secondary N) is 1. The third-order valence-electron chi connectivity index (χ3n) is 10.8. The molecule has 1 aliphatic carbocycles. The molecule has 2 amide bonds. The zero-order valence-corrected chi connectivity index (χ0v) is 30.0. The van der Waals surface area contributed by atoms with Gasteiger partial charge >= 0.3 is 5.97 Å². The summed E-state index contributed by atoms with van der Waals surface area (Å²) in [4.78, 5) is 49.6. The van der Waals surface area contributed by atoms with Crippen LogP contribution in [-0.4, -0.2) is 93.4 Å². The number of aromatic nitrogens is 1. The van der Waals surface area contributed by atoms with E-state index in [-0.39, 0.29) is 31.7 Å². The fourth-order valence-electron chi connectivity index (χ4n) is 7.63. The van der Waals surface area contributed by atoms with E-state index in [9.17, 15) is 24.6 Å². The van der Waals surface area contributed by atoms with Crippen molar-refractivity contribution in [2.24, 2.45) is 17.3 Å². The fourth-order valence-corrected chi connectivity index (χ4v) is 7.63. The van der Waals surface area contributed by atoms with Crippen LogP contribution in [-0.2, 0) is 14.4 Å². The van der Waals surface area contributed by atoms with Crippen molar-refractivity contribution < 1.29 is 34.1 Å². The number of pyridine rings is 1. The quantitative estimate of drug-likeness (QED) is 0.216. The second-order valence-corrected chi connectivity index (χ2v) is 15.3. The number of carboxylic acids is 1. The van der Waals surface area contributed by atoms with Crippen LogP contribution in [0.25, 0.3) is 22.2 Å². The standard InChI is InChI=1S/C40H50N4O7/c1-6-26-23-40(26,38(48)49)42-36(46)33-20-28(24-44(33)37(47)30(39(2,3)4)21-35(45)43-17-11-8-12-18-43)51-34-22-31(25-13-9-7-10-14-25)41-32-19-27(50-5)15-16-29(32)34/h6-7,9-10,13-16,19,22,26,28,30,33,35,45H,1,8,11-12,17-18,20-21,23-24H2,2-5H3,(H,42,46)(H,48,49)/t26?,28-,30-,33+,35?,40?/m1/s1. The number of ether oxygens (including phenoxy) is 2. The Morgan fingerprint density at radius 2 is 1.82 bits per heavy atom. The Morgan fingerprint density at radius 1 is 1.10 bits per heavy atom. The van der Waals surface area contributed by atoms with Gasteiger partial charge in [-0.1, -0.05) is 63.6 Å². The molecule has 3 aliphatic rings. The van der Waals surface area contributed by atoms with E-state index in [1.54, 1.807) is 18.1 Å². The van der Waals surface area contributed by atoms with Crippen LogP contribution in [0.4, 0.5) is 0 Å². The molecule has 3 heterocycles. The van der Waals surface area contributed by atoms with Gasteiger partial charge in [0, 0.05) is 54.4 Å². The van der Waals surface area contributed by atoms with Crippen LogP contribution in [0.2, 0.25) is 0 Å². The van der Waals surface area contributed by atoms with E-state index in [2.05, 4.69) is 11.9 Å². The predicted molar refractivity (Wildman–Crippen MR) is 194 cm³/mol. The summed E-state index contributed by atoms with van der Waals surface area (Å²) in [6.07, 6.45) is 3.87. The predicted octanol–water partition coefficient (Wildman–Crippen LogP) is 5.26. The highest BCUT2D eigenvalue weighted by Crippen LogP contribution is 2.45. The van der Waals surface area contributed by atoms with E-state index in [1.807, 2.05) is 80.3 Å². The summed E-state index contributed by atoms with van der Waals surface area (Å²) in [5.41, 5.74) is 0.265. The summed E-state index contributed by atoms with van der Waals surface area (Å²) in [5.74, 6) is -1.77. The average Bonchev–Trinajstić information content (AvgIpc) is 3.69. The van der Waals surface area contributed by atoms with Crippen LogP contribution in [0.5, 0.6) is 11.5 Å². The number of nitrogens with zero attached hydrogens (tertiary/aromatic N) is 3. The van der Waals surface area contributed by atoms with Gasteiger partial charge in [0.15, 0.2) is 0 Å². The molecule has 6 rings (SSSR count). The molecule has 0 radical (unpaired) electrons. The monoisotopic (exact) mass is 698 g/mol. The second kappa shape index (κ2) is 14.6. The number of methoxy groups -OCH3 is 1. The number of hydrogen-bond acceptors (Lipinski definition) is 8. The number of carbonyl (C=O) groups is 3. The molecule has 11 nitrogen and oxygen atoms in total. The van der Waals surface area contributed by atoms with Gasteiger partial charge in [-0.3, -0.25) is 14.5 Å². The average molecular weight is 699 g/mol. The fraction of sp³-hybridized carbons (Fsp3) is 0.500. The van der Waals surface area contributed by atoms with Crippen LogP contribution in [0.15, 0.2) is 67.3 Å². The molecule has 0 spiro atoms. The van der Waals surface area contributed by atoms with Crippen molar-refractivity contribution in [2.75, 3.05) is 26.7 Å². The largest absolute Gasteiger partial charge is 0.497 e. The molecule has 11 heteroatoms. The maximum absolute atomic E-state index is 14.7. The van der Waals surface area contributed by atoms with Crippen molar-refractivity contribution in [3.63, 3.8) is 0 Å². The Labute approximate surface area is 299 Å². The number of hydrogen-bond donors (Lipinski definition) is 3. The molecule has 2 saturated heterocycles. The summed E-state index contributed by atoms with van der Waals surface area (Å²) in [5, 5.41) is 24.9. The molecule has 3 N–H and O–H groups in total. The van der Waals surface area contributed by atoms with Gasteiger partial charge < -0.3 is 29.9 Å². The number of likely N-dealkylation sites (tertiary alicyclic amines) is 2. The number of carboxylic acid groups (broad SMARTS) is 1. The minimum Gasteiger partial charge on any atom is -0.497 e. The van der Waals surface area contributed by atoms with Crippen molar-refractivity contribution in [3.8, 4) is 22.8 Å². The smallest absolute Gasteiger partial charge is 0.330 e. The third kappa shape index (κ3) is 7.60. The van der Waals surface area contributed by atoms with Gasteiger partial charge in [0.2, 0.25) is 11.8 Å². The number of rotatable bonds is 12. The van der Waals surface area contributed by atoms with Crippen LogP contribution in [0.1, 0.15) is 59.3 Å². The summed E-state index contributed by atoms with van der Waals surface area (Å²) in [6.45, 7) is 11.3. The number of carbonyl (C=O) groups excluding carboxylic acids is 2. The van der Waals surface area contributed by atoms with E-state index in [4.69, 9.17) is 14.5 Å². The number of aliphatic hydroxyl groups excluding tert-OH is 1. The van der Waals surface area contributed by atoms with Crippen molar-refractivity contribution in [2.45, 2.75) is 83.2 Å². The van der Waals surface area contributed by atoms with Gasteiger partial charge in [-0.25, -0.2) is 9.78 Å². The molecule has 3 fully saturated rings. The Kier molecular flexibility index (Phi) is 10.4. The minimum absolute atomic E-state index is 0.106. The van der Waals surface area contributed by atoms with Crippen LogP contribution < -0.4 is 14.8 Å². The van der Waals surface area contributed by atoms with Crippen molar-refractivity contribution in [3.05, 3.63) is 67.3 Å². The first-order chi connectivity index (χ1) is 24.3. The Hall–Kier alpha value is -4.48. The van der Waals surface area contributed by atoms with Gasteiger partial charge in [-0.05, 0) is 43.2 Å². The maximum atomic E-state index is 14.7. The zero-order chi connectivity index (χ0) is 36.5. The van der Waals surface area contributed by atoms with Crippen LogP contribution in [0, 0.1) is 17.3 Å². The van der Waals surface area contributed by atoms with Crippen LogP contribution >= 0.6 is 0 Å². The van der Waals surface area contributed by atoms with E-state index in [1.165, 1.54) is 0 Å². The highest BCUT2D eigenvalue weighted by atomic mass is 16.5. The number of fused-ring (bicyclic) bond motifs is 1. The first-order valence-corrected chi connectivity index (χ1v) is 18.0. The van der Waals surface area contributed by atoms with Gasteiger partial charge in [-0.15, -0.1) is 6.58 Å². The molecule has 1 saturated carbocycles. The molecule has 272 valence electrons. The molecule has 3 unspecified atom stereocenters. The summed E-state index contributed by atoms with van der Waals surface area (Å²) >= 11 is 0. The van der Waals surface area contributed by atoms with Crippen LogP contribution in [0.3, 0.4) is 0 Å². The molecule has 2 aromatic carbocycles. The van der Waals surface area contributed by atoms with Crippen molar-refractivity contribution >= 4 is 28.7 Å². The molecule has 1 aromatic heterocycles. The number of amides is 2. The van der Waals surface area contributed by atoms with Gasteiger partial charge in [0.25, 0.3) is 0 Å².